The molecule has 1 aliphatic rings. The summed E-state index contributed by atoms with van der Waals surface area (Å²) in [5.41, 5.74) is 1.21. The third-order valence-electron chi connectivity index (χ3n) is 1.95. The molecule has 0 radical (unpaired) electrons. The normalized spacial score (nSPS) is 32.8. The van der Waals surface area contributed by atoms with Crippen molar-refractivity contribution in [1.82, 2.24) is 0 Å². The molecule has 64 valence electrons. The quantitative estimate of drug-likeness (QED) is 0.462. The second-order valence-corrected chi connectivity index (χ2v) is 3.48. The van der Waals surface area contributed by atoms with Gasteiger partial charge >= 0.3 is 0 Å². The molecule has 1 saturated heterocycles. The van der Waals surface area contributed by atoms with Crippen molar-refractivity contribution in [2.24, 2.45) is 0 Å². The molecule has 0 N–H and O–H groups in total. The van der Waals surface area contributed by atoms with Crippen LogP contribution in [-0.2, 0) is 4.74 Å². The van der Waals surface area contributed by atoms with Crippen molar-refractivity contribution in [2.75, 3.05) is 5.88 Å². The van der Waals surface area contributed by atoms with Gasteiger partial charge in [-0.2, -0.15) is 0 Å². The van der Waals surface area contributed by atoms with Gasteiger partial charge in [0.25, 0.3) is 0 Å². The van der Waals surface area contributed by atoms with Gasteiger partial charge in [-0.15, -0.1) is 11.6 Å². The molecule has 1 nitrogen and oxygen atoms in total. The Kier molecular flexibility index (Phi) is 3.41. The van der Waals surface area contributed by atoms with E-state index >= 15 is 0 Å². The lowest BCUT2D eigenvalue weighted by atomic mass is 10.1. The van der Waals surface area contributed by atoms with Crippen LogP contribution in [0.3, 0.4) is 0 Å². The zero-order valence-corrected chi connectivity index (χ0v) is 7.90. The van der Waals surface area contributed by atoms with Gasteiger partial charge in [-0.1, -0.05) is 11.6 Å². The lowest BCUT2D eigenvalue weighted by molar-refractivity contribution is 0.0829. The van der Waals surface area contributed by atoms with Crippen molar-refractivity contribution in [1.29, 1.82) is 0 Å². The summed E-state index contributed by atoms with van der Waals surface area (Å²) in [6.07, 6.45) is 5.21. The molecule has 2 atom stereocenters. The van der Waals surface area contributed by atoms with Crippen LogP contribution in [0.4, 0.5) is 0 Å². The molecule has 2 unspecified atom stereocenters. The number of halogens is 1. The maximum absolute atomic E-state index is 5.64. The highest BCUT2D eigenvalue weighted by molar-refractivity contribution is 6.19. The number of rotatable bonds is 2. The fourth-order valence-electron chi connectivity index (χ4n) is 1.32. The first-order valence-electron chi connectivity index (χ1n) is 4.11. The van der Waals surface area contributed by atoms with Crippen molar-refractivity contribution in [3.05, 3.63) is 11.6 Å². The van der Waals surface area contributed by atoms with Gasteiger partial charge in [-0.25, -0.2) is 0 Å². The first-order valence-corrected chi connectivity index (χ1v) is 4.64. The molecule has 11 heavy (non-hydrogen) atoms. The molecule has 0 amide bonds. The molecule has 0 aromatic heterocycles. The molecular weight excluding hydrogens is 160 g/mol. The Morgan fingerprint density at radius 2 is 2.36 bits per heavy atom. The van der Waals surface area contributed by atoms with E-state index < -0.39 is 0 Å². The molecule has 0 aromatic carbocycles. The summed E-state index contributed by atoms with van der Waals surface area (Å²) in [5.74, 6) is 0.619. The van der Waals surface area contributed by atoms with Crippen LogP contribution in [0.15, 0.2) is 11.6 Å². The number of ether oxygens (including phenoxy) is 1. The smallest absolute Gasteiger partial charge is 0.0763 e. The Morgan fingerprint density at radius 1 is 1.64 bits per heavy atom. The van der Waals surface area contributed by atoms with Crippen LogP contribution in [0.5, 0.6) is 0 Å². The van der Waals surface area contributed by atoms with Crippen molar-refractivity contribution in [3.63, 3.8) is 0 Å². The lowest BCUT2D eigenvalue weighted by Crippen LogP contribution is -2.05. The third-order valence-corrected chi connectivity index (χ3v) is 2.37. The van der Waals surface area contributed by atoms with E-state index in [4.69, 9.17) is 16.3 Å². The van der Waals surface area contributed by atoms with Crippen LogP contribution in [0, 0.1) is 0 Å². The molecule has 0 spiro atoms. The Balaban J connectivity index is 2.38. The largest absolute Gasteiger partial charge is 0.371 e. The van der Waals surface area contributed by atoms with E-state index in [0.717, 1.165) is 6.42 Å². The minimum Gasteiger partial charge on any atom is -0.371 e. The van der Waals surface area contributed by atoms with Crippen LogP contribution in [-0.4, -0.2) is 18.1 Å². The summed E-state index contributed by atoms with van der Waals surface area (Å²) < 4.78 is 5.60. The van der Waals surface area contributed by atoms with Crippen LogP contribution in [0.1, 0.15) is 26.7 Å². The van der Waals surface area contributed by atoms with Crippen LogP contribution in [0.2, 0.25) is 0 Å². The van der Waals surface area contributed by atoms with Gasteiger partial charge in [0.05, 0.1) is 12.2 Å². The Hall–Kier alpha value is -0.0100. The number of hydrogen-bond donors (Lipinski definition) is 0. The predicted molar refractivity (Wildman–Crippen MR) is 48.0 cm³/mol. The first kappa shape index (κ1) is 9.08. The van der Waals surface area contributed by atoms with E-state index in [0.29, 0.717) is 18.1 Å². The van der Waals surface area contributed by atoms with Crippen molar-refractivity contribution < 1.29 is 4.74 Å². The van der Waals surface area contributed by atoms with Crippen molar-refractivity contribution >= 4 is 11.6 Å². The van der Waals surface area contributed by atoms with E-state index in [2.05, 4.69) is 13.0 Å². The molecule has 0 bridgehead atoms. The van der Waals surface area contributed by atoms with Crippen LogP contribution < -0.4 is 0 Å². The number of allylic oxidation sites excluding steroid dienone is 1. The summed E-state index contributed by atoms with van der Waals surface area (Å²) in [6.45, 7) is 4.16. The average molecular weight is 175 g/mol. The second-order valence-electron chi connectivity index (χ2n) is 3.21. The summed E-state index contributed by atoms with van der Waals surface area (Å²) in [5, 5.41) is 0. The molecular formula is C9H15ClO. The molecule has 0 aliphatic carbocycles. The summed E-state index contributed by atoms with van der Waals surface area (Å²) in [7, 11) is 0. The lowest BCUT2D eigenvalue weighted by Gasteiger charge is -2.06. The zero-order valence-electron chi connectivity index (χ0n) is 7.14. The maximum Gasteiger partial charge on any atom is 0.0763 e. The zero-order chi connectivity index (χ0) is 8.27. The first-order chi connectivity index (χ1) is 5.22. The van der Waals surface area contributed by atoms with Crippen LogP contribution in [0.25, 0.3) is 0 Å². The Morgan fingerprint density at radius 3 is 2.82 bits per heavy atom. The minimum absolute atomic E-state index is 0.323. The molecule has 1 fully saturated rings. The van der Waals surface area contributed by atoms with Gasteiger partial charge in [0.1, 0.15) is 0 Å². The SMILES string of the molecule is C/C(=C/C1CCC(C)O1)CCl. The second kappa shape index (κ2) is 4.13. The third kappa shape index (κ3) is 2.84. The fraction of sp³-hybridized carbons (Fsp3) is 0.778. The molecule has 1 rings (SSSR count). The maximum atomic E-state index is 5.64. The number of alkyl halides is 1. The molecule has 0 aromatic rings. The van der Waals surface area contributed by atoms with Gasteiger partial charge in [-0.05, 0) is 26.7 Å². The average Bonchev–Trinajstić information content (AvgIpc) is 2.35. The fourth-order valence-corrected chi connectivity index (χ4v) is 1.41. The van der Waals surface area contributed by atoms with Gasteiger partial charge in [-0.3, -0.25) is 0 Å². The molecule has 1 aliphatic heterocycles. The minimum atomic E-state index is 0.323. The topological polar surface area (TPSA) is 9.23 Å². The highest BCUT2D eigenvalue weighted by Gasteiger charge is 2.19. The van der Waals surface area contributed by atoms with Gasteiger partial charge in [0, 0.05) is 5.88 Å². The standard InChI is InChI=1S/C9H15ClO/c1-7(6-10)5-9-4-3-8(2)11-9/h5,8-9H,3-4,6H2,1-2H3/b7-5-. The Labute approximate surface area is 73.4 Å². The Bertz CT molecular complexity index is 154. The van der Waals surface area contributed by atoms with Gasteiger partial charge < -0.3 is 4.74 Å². The predicted octanol–water partition coefficient (Wildman–Crippen LogP) is 2.74. The molecule has 1 heterocycles. The molecule has 2 heteroatoms. The van der Waals surface area contributed by atoms with E-state index in [1.807, 2.05) is 6.92 Å². The van der Waals surface area contributed by atoms with E-state index in [1.165, 1.54) is 12.0 Å². The highest BCUT2D eigenvalue weighted by atomic mass is 35.5. The van der Waals surface area contributed by atoms with Crippen molar-refractivity contribution in [3.8, 4) is 0 Å². The van der Waals surface area contributed by atoms with Gasteiger partial charge in [0.2, 0.25) is 0 Å². The van der Waals surface area contributed by atoms with E-state index in [-0.39, 0.29) is 0 Å². The van der Waals surface area contributed by atoms with E-state index in [9.17, 15) is 0 Å². The molecule has 0 saturated carbocycles. The van der Waals surface area contributed by atoms with E-state index in [1.54, 1.807) is 0 Å². The summed E-state index contributed by atoms with van der Waals surface area (Å²) >= 11 is 5.64. The van der Waals surface area contributed by atoms with Gasteiger partial charge in [0.15, 0.2) is 0 Å². The highest BCUT2D eigenvalue weighted by Crippen LogP contribution is 2.20. The summed E-state index contributed by atoms with van der Waals surface area (Å²) in [4.78, 5) is 0. The monoisotopic (exact) mass is 174 g/mol. The summed E-state index contributed by atoms with van der Waals surface area (Å²) in [6, 6.07) is 0. The van der Waals surface area contributed by atoms with Crippen LogP contribution >= 0.6 is 11.6 Å². The number of hydrogen-bond acceptors (Lipinski definition) is 1. The van der Waals surface area contributed by atoms with Crippen molar-refractivity contribution in [2.45, 2.75) is 38.9 Å².